The van der Waals surface area contributed by atoms with Crippen LogP contribution >= 0.6 is 0 Å². The standard InChI is InChI=1S/C32H37N3O6S/c1-3-40-28-16-15-26(20-23(28)2)42(38,39)34-19-9-12-25(21-34)32(37)35-22-30(41-29-14-8-7-13-27(29)35)31(36)33-18-17-24-10-5-4-6-11-24/h4-8,10-11,13-16,20,25,30H,3,9,12,17-19,21-22H2,1-2H3,(H,33,36)/t25-,30-/m1/s1. The van der Waals surface area contributed by atoms with Crippen molar-refractivity contribution in [3.8, 4) is 11.5 Å². The first-order chi connectivity index (χ1) is 20.3. The van der Waals surface area contributed by atoms with Gasteiger partial charge in [-0.25, -0.2) is 8.42 Å². The fourth-order valence-corrected chi connectivity index (χ4v) is 7.11. The van der Waals surface area contributed by atoms with E-state index in [0.29, 0.717) is 56.1 Å². The minimum Gasteiger partial charge on any atom is -0.494 e. The van der Waals surface area contributed by atoms with E-state index in [4.69, 9.17) is 9.47 Å². The second-order valence-corrected chi connectivity index (χ2v) is 12.6. The van der Waals surface area contributed by atoms with Gasteiger partial charge < -0.3 is 19.7 Å². The number of piperidine rings is 1. The average Bonchev–Trinajstić information content (AvgIpc) is 3.01. The molecule has 0 aliphatic carbocycles. The van der Waals surface area contributed by atoms with E-state index >= 15 is 0 Å². The first kappa shape index (κ1) is 29.6. The predicted octanol–water partition coefficient (Wildman–Crippen LogP) is 3.95. The van der Waals surface area contributed by atoms with Crippen molar-refractivity contribution >= 4 is 27.5 Å². The molecule has 1 fully saturated rings. The summed E-state index contributed by atoms with van der Waals surface area (Å²) in [6, 6.07) is 21.9. The molecule has 1 saturated heterocycles. The average molecular weight is 592 g/mol. The number of nitrogens with one attached hydrogen (secondary N) is 1. The number of aryl methyl sites for hydroxylation is 1. The van der Waals surface area contributed by atoms with Crippen LogP contribution in [0.2, 0.25) is 0 Å². The van der Waals surface area contributed by atoms with Gasteiger partial charge in [-0.15, -0.1) is 0 Å². The number of carbonyl (C=O) groups excluding carboxylic acids is 2. The number of carbonyl (C=O) groups is 2. The van der Waals surface area contributed by atoms with Gasteiger partial charge >= 0.3 is 0 Å². The van der Waals surface area contributed by atoms with Gasteiger partial charge in [0.05, 0.1) is 29.7 Å². The maximum Gasteiger partial charge on any atom is 0.262 e. The van der Waals surface area contributed by atoms with Crippen molar-refractivity contribution in [2.45, 2.75) is 44.1 Å². The maximum atomic E-state index is 14.0. The van der Waals surface area contributed by atoms with Crippen molar-refractivity contribution in [2.24, 2.45) is 5.92 Å². The van der Waals surface area contributed by atoms with Gasteiger partial charge in [-0.05, 0) is 74.6 Å². The van der Waals surface area contributed by atoms with E-state index in [0.717, 1.165) is 11.1 Å². The van der Waals surface area contributed by atoms with E-state index in [-0.39, 0.29) is 29.8 Å². The van der Waals surface area contributed by atoms with Crippen LogP contribution in [0.15, 0.2) is 77.7 Å². The summed E-state index contributed by atoms with van der Waals surface area (Å²) in [5.74, 6) is 0.0380. The van der Waals surface area contributed by atoms with Gasteiger partial charge in [0.15, 0.2) is 6.10 Å². The van der Waals surface area contributed by atoms with Crippen LogP contribution in [0.25, 0.3) is 0 Å². The Balaban J connectivity index is 1.29. The van der Waals surface area contributed by atoms with Crippen molar-refractivity contribution < 1.29 is 27.5 Å². The van der Waals surface area contributed by atoms with E-state index in [2.05, 4.69) is 5.32 Å². The zero-order valence-corrected chi connectivity index (χ0v) is 24.8. The van der Waals surface area contributed by atoms with Crippen LogP contribution in [0.3, 0.4) is 0 Å². The minimum atomic E-state index is -3.81. The molecule has 0 aromatic heterocycles. The van der Waals surface area contributed by atoms with Gasteiger partial charge in [-0.2, -0.15) is 4.31 Å². The summed E-state index contributed by atoms with van der Waals surface area (Å²) in [6.07, 6.45) is 0.912. The number of rotatable bonds is 9. The van der Waals surface area contributed by atoms with E-state index in [1.165, 1.54) is 4.31 Å². The predicted molar refractivity (Wildman–Crippen MR) is 160 cm³/mol. The lowest BCUT2D eigenvalue weighted by Crippen LogP contribution is -2.54. The highest BCUT2D eigenvalue weighted by molar-refractivity contribution is 7.89. The lowest BCUT2D eigenvalue weighted by Gasteiger charge is -2.38. The number of para-hydroxylation sites is 2. The molecule has 2 aliphatic rings. The third-order valence-electron chi connectivity index (χ3n) is 7.71. The Kier molecular flexibility index (Phi) is 9.13. The second kappa shape index (κ2) is 13.0. The SMILES string of the molecule is CCOc1ccc(S(=O)(=O)N2CCC[C@@H](C(=O)N3C[C@H](C(=O)NCCc4ccccc4)Oc4ccccc43)C2)cc1C. The topological polar surface area (TPSA) is 105 Å². The van der Waals surface area contributed by atoms with Gasteiger partial charge in [0.25, 0.3) is 5.91 Å². The molecule has 2 atom stereocenters. The van der Waals surface area contributed by atoms with E-state index in [9.17, 15) is 18.0 Å². The molecule has 0 radical (unpaired) electrons. The largest absolute Gasteiger partial charge is 0.494 e. The fraction of sp³-hybridized carbons (Fsp3) is 0.375. The lowest BCUT2D eigenvalue weighted by molar-refractivity contribution is -0.129. The Morgan fingerprint density at radius 3 is 2.55 bits per heavy atom. The van der Waals surface area contributed by atoms with Crippen molar-refractivity contribution in [1.82, 2.24) is 9.62 Å². The highest BCUT2D eigenvalue weighted by Crippen LogP contribution is 2.36. The van der Waals surface area contributed by atoms with Crippen LogP contribution in [0.1, 0.15) is 30.9 Å². The Morgan fingerprint density at radius 2 is 1.79 bits per heavy atom. The van der Waals surface area contributed by atoms with Crippen molar-refractivity contribution in [3.05, 3.63) is 83.9 Å². The molecular weight excluding hydrogens is 554 g/mol. The van der Waals surface area contributed by atoms with Gasteiger partial charge in [-0.1, -0.05) is 42.5 Å². The highest BCUT2D eigenvalue weighted by Gasteiger charge is 2.39. The molecule has 2 amide bonds. The molecule has 0 spiro atoms. The molecule has 9 nitrogen and oxygen atoms in total. The monoisotopic (exact) mass is 591 g/mol. The molecule has 5 rings (SSSR count). The summed E-state index contributed by atoms with van der Waals surface area (Å²) >= 11 is 0. The summed E-state index contributed by atoms with van der Waals surface area (Å²) in [5.41, 5.74) is 2.43. The molecule has 3 aromatic rings. The van der Waals surface area contributed by atoms with Crippen LogP contribution in [-0.2, 0) is 26.0 Å². The smallest absolute Gasteiger partial charge is 0.262 e. The normalized spacial score (nSPS) is 19.0. The molecule has 42 heavy (non-hydrogen) atoms. The molecule has 0 bridgehead atoms. The number of hydrogen-bond donors (Lipinski definition) is 1. The van der Waals surface area contributed by atoms with E-state index < -0.39 is 22.0 Å². The Morgan fingerprint density at radius 1 is 1.02 bits per heavy atom. The first-order valence-corrected chi connectivity index (χ1v) is 15.8. The maximum absolute atomic E-state index is 14.0. The summed E-state index contributed by atoms with van der Waals surface area (Å²) in [4.78, 5) is 28.8. The number of anilines is 1. The number of nitrogens with zero attached hydrogens (tertiary/aromatic N) is 2. The van der Waals surface area contributed by atoms with E-state index in [1.54, 1.807) is 41.3 Å². The molecule has 0 saturated carbocycles. The van der Waals surface area contributed by atoms with Gasteiger partial charge in [0, 0.05) is 19.6 Å². The zero-order chi connectivity index (χ0) is 29.7. The number of ether oxygens (including phenoxy) is 2. The Labute approximate surface area is 247 Å². The lowest BCUT2D eigenvalue weighted by atomic mass is 9.97. The highest BCUT2D eigenvalue weighted by atomic mass is 32.2. The van der Waals surface area contributed by atoms with Crippen molar-refractivity contribution in [2.75, 3.05) is 37.7 Å². The molecule has 3 aromatic carbocycles. The third-order valence-corrected chi connectivity index (χ3v) is 9.57. The summed E-state index contributed by atoms with van der Waals surface area (Å²) < 4.78 is 40.1. The molecular formula is C32H37N3O6S. The summed E-state index contributed by atoms with van der Waals surface area (Å²) in [6.45, 7) is 5.08. The van der Waals surface area contributed by atoms with E-state index in [1.807, 2.05) is 50.2 Å². The fourth-order valence-electron chi connectivity index (χ4n) is 5.50. The number of sulfonamides is 1. The van der Waals surface area contributed by atoms with Crippen LogP contribution in [0, 0.1) is 12.8 Å². The Hall–Kier alpha value is -3.89. The summed E-state index contributed by atoms with van der Waals surface area (Å²) in [7, 11) is -3.81. The minimum absolute atomic E-state index is 0.0500. The van der Waals surface area contributed by atoms with Crippen LogP contribution in [0.4, 0.5) is 5.69 Å². The second-order valence-electron chi connectivity index (χ2n) is 10.6. The molecule has 2 aliphatic heterocycles. The first-order valence-electron chi connectivity index (χ1n) is 14.4. The van der Waals surface area contributed by atoms with Gasteiger partial charge in [-0.3, -0.25) is 9.59 Å². The molecule has 0 unspecified atom stereocenters. The summed E-state index contributed by atoms with van der Waals surface area (Å²) in [5, 5.41) is 2.93. The molecule has 2 heterocycles. The zero-order valence-electron chi connectivity index (χ0n) is 24.0. The number of hydrogen-bond acceptors (Lipinski definition) is 6. The molecule has 222 valence electrons. The van der Waals surface area contributed by atoms with Crippen LogP contribution in [0.5, 0.6) is 11.5 Å². The van der Waals surface area contributed by atoms with Gasteiger partial charge in [0.1, 0.15) is 11.5 Å². The van der Waals surface area contributed by atoms with Crippen molar-refractivity contribution in [1.29, 1.82) is 0 Å². The van der Waals surface area contributed by atoms with Crippen LogP contribution in [-0.4, -0.2) is 63.4 Å². The van der Waals surface area contributed by atoms with Crippen molar-refractivity contribution in [3.63, 3.8) is 0 Å². The quantitative estimate of drug-likeness (QED) is 0.404. The molecule has 10 heteroatoms. The number of amides is 2. The van der Waals surface area contributed by atoms with Crippen LogP contribution < -0.4 is 19.7 Å². The number of fused-ring (bicyclic) bond motifs is 1. The molecule has 1 N–H and O–H groups in total. The third kappa shape index (κ3) is 6.44. The van der Waals surface area contributed by atoms with Gasteiger partial charge in [0.2, 0.25) is 15.9 Å². The number of benzene rings is 3. The Bertz CT molecular complexity index is 1530.